The van der Waals surface area contributed by atoms with E-state index >= 15 is 0 Å². The summed E-state index contributed by atoms with van der Waals surface area (Å²) in [7, 11) is -3.06. The summed E-state index contributed by atoms with van der Waals surface area (Å²) in [6.07, 6.45) is 0.314. The van der Waals surface area contributed by atoms with Crippen LogP contribution in [0.3, 0.4) is 0 Å². The predicted octanol–water partition coefficient (Wildman–Crippen LogP) is -1.40. The first-order valence-corrected chi connectivity index (χ1v) is 7.11. The SMILES string of the molecule is O=S1(=O)C[C@@H](O)[C@H](N2CCC(O)CC2)C1. The number of rotatable bonds is 1. The number of aliphatic hydroxyl groups excluding tert-OH is 2. The van der Waals surface area contributed by atoms with Crippen LogP contribution in [0.25, 0.3) is 0 Å². The fourth-order valence-electron chi connectivity index (χ4n) is 2.38. The van der Waals surface area contributed by atoms with Gasteiger partial charge in [-0.1, -0.05) is 0 Å². The Balaban J connectivity index is 2.00. The fraction of sp³-hybridized carbons (Fsp3) is 1.00. The maximum Gasteiger partial charge on any atom is 0.154 e. The monoisotopic (exact) mass is 235 g/mol. The largest absolute Gasteiger partial charge is 0.393 e. The van der Waals surface area contributed by atoms with E-state index in [4.69, 9.17) is 0 Å². The lowest BCUT2D eigenvalue weighted by molar-refractivity contribution is 0.0282. The van der Waals surface area contributed by atoms with Gasteiger partial charge >= 0.3 is 0 Å². The highest BCUT2D eigenvalue weighted by Gasteiger charge is 2.40. The molecule has 15 heavy (non-hydrogen) atoms. The number of aliphatic hydroxyl groups is 2. The van der Waals surface area contributed by atoms with Crippen LogP contribution in [0.2, 0.25) is 0 Å². The number of sulfone groups is 1. The number of likely N-dealkylation sites (tertiary alicyclic amines) is 1. The molecule has 2 atom stereocenters. The van der Waals surface area contributed by atoms with Gasteiger partial charge in [0.25, 0.3) is 0 Å². The molecule has 0 amide bonds. The Bertz CT molecular complexity index is 321. The van der Waals surface area contributed by atoms with Gasteiger partial charge in [0.1, 0.15) is 0 Å². The molecule has 0 unspecified atom stereocenters. The third-order valence-electron chi connectivity index (χ3n) is 3.26. The van der Waals surface area contributed by atoms with Crippen molar-refractivity contribution in [1.82, 2.24) is 4.90 Å². The fourth-order valence-corrected chi connectivity index (χ4v) is 4.21. The minimum Gasteiger partial charge on any atom is -0.393 e. The molecule has 0 aliphatic carbocycles. The second-order valence-corrected chi connectivity index (χ2v) is 6.63. The van der Waals surface area contributed by atoms with E-state index in [1.807, 2.05) is 4.90 Å². The molecule has 0 aromatic heterocycles. The van der Waals surface area contributed by atoms with E-state index in [9.17, 15) is 18.6 Å². The molecule has 2 N–H and O–H groups in total. The Hall–Kier alpha value is -0.170. The zero-order chi connectivity index (χ0) is 11.1. The minimum atomic E-state index is -3.06. The third kappa shape index (κ3) is 2.50. The molecule has 0 spiro atoms. The molecule has 2 heterocycles. The first-order valence-electron chi connectivity index (χ1n) is 5.28. The van der Waals surface area contributed by atoms with Crippen LogP contribution in [-0.2, 0) is 9.84 Å². The molecule has 88 valence electrons. The first-order chi connectivity index (χ1) is 6.98. The Morgan fingerprint density at radius 1 is 1.07 bits per heavy atom. The Kier molecular flexibility index (Phi) is 3.03. The van der Waals surface area contributed by atoms with Gasteiger partial charge in [-0.25, -0.2) is 8.42 Å². The summed E-state index contributed by atoms with van der Waals surface area (Å²) in [5.74, 6) is -0.0546. The van der Waals surface area contributed by atoms with Crippen LogP contribution in [0.5, 0.6) is 0 Å². The first kappa shape index (κ1) is 11.3. The second kappa shape index (κ2) is 4.01. The molecule has 0 radical (unpaired) electrons. The summed E-state index contributed by atoms with van der Waals surface area (Å²) >= 11 is 0. The van der Waals surface area contributed by atoms with E-state index in [1.54, 1.807) is 0 Å². The summed E-state index contributed by atoms with van der Waals surface area (Å²) in [5, 5.41) is 19.0. The second-order valence-electron chi connectivity index (χ2n) is 4.48. The maximum atomic E-state index is 11.3. The molecule has 2 rings (SSSR count). The maximum absolute atomic E-state index is 11.3. The number of hydrogen-bond acceptors (Lipinski definition) is 5. The Labute approximate surface area is 89.6 Å². The van der Waals surface area contributed by atoms with Gasteiger partial charge in [-0.15, -0.1) is 0 Å². The molecule has 0 saturated carbocycles. The number of nitrogens with zero attached hydrogens (tertiary/aromatic N) is 1. The summed E-state index contributed by atoms with van der Waals surface area (Å²) in [6, 6.07) is -0.262. The van der Waals surface area contributed by atoms with Gasteiger partial charge in [0.15, 0.2) is 9.84 Å². The zero-order valence-corrected chi connectivity index (χ0v) is 9.36. The Morgan fingerprint density at radius 2 is 1.67 bits per heavy atom. The molecule has 0 aromatic rings. The highest BCUT2D eigenvalue weighted by atomic mass is 32.2. The highest BCUT2D eigenvalue weighted by Crippen LogP contribution is 2.22. The molecule has 2 saturated heterocycles. The van der Waals surface area contributed by atoms with Gasteiger partial charge in [-0.05, 0) is 12.8 Å². The van der Waals surface area contributed by atoms with Crippen LogP contribution < -0.4 is 0 Å². The normalized spacial score (nSPS) is 38.3. The predicted molar refractivity (Wildman–Crippen MR) is 55.3 cm³/mol. The van der Waals surface area contributed by atoms with Crippen molar-refractivity contribution in [3.8, 4) is 0 Å². The van der Waals surface area contributed by atoms with Crippen LogP contribution in [0.1, 0.15) is 12.8 Å². The summed E-state index contributed by atoms with van der Waals surface area (Å²) in [6.45, 7) is 1.36. The van der Waals surface area contributed by atoms with E-state index in [2.05, 4.69) is 0 Å². The van der Waals surface area contributed by atoms with Crippen molar-refractivity contribution in [3.63, 3.8) is 0 Å². The van der Waals surface area contributed by atoms with E-state index in [1.165, 1.54) is 0 Å². The van der Waals surface area contributed by atoms with Crippen LogP contribution in [0.4, 0.5) is 0 Å². The molecule has 0 aromatic carbocycles. The van der Waals surface area contributed by atoms with E-state index in [0.717, 1.165) is 0 Å². The van der Waals surface area contributed by atoms with E-state index < -0.39 is 15.9 Å². The molecule has 0 bridgehead atoms. The van der Waals surface area contributed by atoms with Crippen LogP contribution in [0.15, 0.2) is 0 Å². The molecule has 5 nitrogen and oxygen atoms in total. The minimum absolute atomic E-state index is 0.0598. The zero-order valence-electron chi connectivity index (χ0n) is 8.54. The van der Waals surface area contributed by atoms with Crippen LogP contribution >= 0.6 is 0 Å². The van der Waals surface area contributed by atoms with Gasteiger partial charge in [-0.2, -0.15) is 0 Å². The lowest BCUT2D eigenvalue weighted by atomic mass is 10.0. The molecule has 2 aliphatic heterocycles. The van der Waals surface area contributed by atoms with Gasteiger partial charge in [0.05, 0.1) is 29.8 Å². The van der Waals surface area contributed by atoms with Crippen molar-refractivity contribution in [2.24, 2.45) is 0 Å². The summed E-state index contributed by atoms with van der Waals surface area (Å²) < 4.78 is 22.6. The van der Waals surface area contributed by atoms with Crippen molar-refractivity contribution < 1.29 is 18.6 Å². The van der Waals surface area contributed by atoms with E-state index in [-0.39, 0.29) is 23.7 Å². The molecule has 6 heteroatoms. The average Bonchev–Trinajstić information content (AvgIpc) is 2.41. The average molecular weight is 235 g/mol. The van der Waals surface area contributed by atoms with Crippen LogP contribution in [-0.4, -0.2) is 66.4 Å². The van der Waals surface area contributed by atoms with Gasteiger partial charge in [-0.3, -0.25) is 4.90 Å². The van der Waals surface area contributed by atoms with Crippen LogP contribution in [0, 0.1) is 0 Å². The lowest BCUT2D eigenvalue weighted by Crippen LogP contribution is -2.48. The number of hydrogen-bond donors (Lipinski definition) is 2. The summed E-state index contributed by atoms with van der Waals surface area (Å²) in [5.41, 5.74) is 0. The smallest absolute Gasteiger partial charge is 0.154 e. The third-order valence-corrected chi connectivity index (χ3v) is 4.96. The number of piperidine rings is 1. The van der Waals surface area contributed by atoms with Gasteiger partial charge in [0.2, 0.25) is 0 Å². The standard InChI is InChI=1S/C9H17NO4S/c11-7-1-3-10(4-2-7)8-5-15(13,14)6-9(8)12/h7-9,11-12H,1-6H2/t8-,9-/m1/s1. The summed E-state index contributed by atoms with van der Waals surface area (Å²) in [4.78, 5) is 1.99. The molecule has 2 fully saturated rings. The topological polar surface area (TPSA) is 77.8 Å². The highest BCUT2D eigenvalue weighted by molar-refractivity contribution is 7.91. The van der Waals surface area contributed by atoms with Crippen molar-refractivity contribution in [2.75, 3.05) is 24.6 Å². The van der Waals surface area contributed by atoms with Gasteiger partial charge in [0, 0.05) is 13.1 Å². The van der Waals surface area contributed by atoms with Crippen molar-refractivity contribution in [3.05, 3.63) is 0 Å². The lowest BCUT2D eigenvalue weighted by Gasteiger charge is -2.34. The van der Waals surface area contributed by atoms with Crippen molar-refractivity contribution >= 4 is 9.84 Å². The van der Waals surface area contributed by atoms with Crippen molar-refractivity contribution in [1.29, 1.82) is 0 Å². The Morgan fingerprint density at radius 3 is 2.13 bits per heavy atom. The molecular weight excluding hydrogens is 218 g/mol. The molecule has 2 aliphatic rings. The van der Waals surface area contributed by atoms with Gasteiger partial charge < -0.3 is 10.2 Å². The van der Waals surface area contributed by atoms with E-state index in [0.29, 0.717) is 25.9 Å². The quantitative estimate of drug-likeness (QED) is 0.584. The van der Waals surface area contributed by atoms with Crippen molar-refractivity contribution in [2.45, 2.75) is 31.1 Å². The molecular formula is C9H17NO4S.